The highest BCUT2D eigenvalue weighted by Gasteiger charge is 2.23. The van der Waals surface area contributed by atoms with E-state index in [0.29, 0.717) is 6.54 Å². The molecule has 1 fully saturated rings. The molecule has 1 aromatic rings. The number of benzene rings is 1. The molecule has 1 saturated heterocycles. The molecule has 21 heavy (non-hydrogen) atoms. The minimum absolute atomic E-state index is 0.280. The number of nitrogens with zero attached hydrogens (tertiary/aromatic N) is 2. The second-order valence-corrected chi connectivity index (χ2v) is 6.32. The molecule has 0 N–H and O–H groups in total. The lowest BCUT2D eigenvalue weighted by atomic mass is 10.0. The molecular weight excluding hydrogens is 260 g/mol. The average Bonchev–Trinajstić information content (AvgIpc) is 2.49. The number of likely N-dealkylation sites (tertiary alicyclic amines) is 1. The van der Waals surface area contributed by atoms with E-state index in [4.69, 9.17) is 0 Å². The van der Waals surface area contributed by atoms with Crippen LogP contribution in [0.3, 0.4) is 0 Å². The summed E-state index contributed by atoms with van der Waals surface area (Å²) in [6.45, 7) is 3.64. The number of rotatable bonds is 2. The lowest BCUT2D eigenvalue weighted by Crippen LogP contribution is -2.43. The Balaban J connectivity index is 1.65. The Hall–Kier alpha value is -1.35. The SMILES string of the molecule is O=C(CN1CCCCCCC1)N1CCCc2ccccc21. The third kappa shape index (κ3) is 3.65. The number of anilines is 1. The number of amides is 1. The fourth-order valence-electron chi connectivity index (χ4n) is 3.54. The Morgan fingerprint density at radius 2 is 1.62 bits per heavy atom. The maximum absolute atomic E-state index is 12.7. The molecule has 0 bridgehead atoms. The van der Waals surface area contributed by atoms with Crippen molar-refractivity contribution >= 4 is 11.6 Å². The van der Waals surface area contributed by atoms with Crippen molar-refractivity contribution in [3.63, 3.8) is 0 Å². The molecule has 0 aromatic heterocycles. The van der Waals surface area contributed by atoms with Gasteiger partial charge in [-0.25, -0.2) is 0 Å². The van der Waals surface area contributed by atoms with E-state index in [1.54, 1.807) is 0 Å². The Kier molecular flexibility index (Phi) is 4.91. The fourth-order valence-corrected chi connectivity index (χ4v) is 3.54. The molecular formula is C18H26N2O. The van der Waals surface area contributed by atoms with Gasteiger partial charge in [0, 0.05) is 12.2 Å². The largest absolute Gasteiger partial charge is 0.311 e. The van der Waals surface area contributed by atoms with Gasteiger partial charge in [-0.15, -0.1) is 0 Å². The zero-order valence-corrected chi connectivity index (χ0v) is 12.9. The van der Waals surface area contributed by atoms with Crippen LogP contribution in [0, 0.1) is 0 Å². The van der Waals surface area contributed by atoms with Gasteiger partial charge in [0.1, 0.15) is 0 Å². The van der Waals surface area contributed by atoms with Crippen molar-refractivity contribution < 1.29 is 4.79 Å². The van der Waals surface area contributed by atoms with Crippen LogP contribution in [0.4, 0.5) is 5.69 Å². The van der Waals surface area contributed by atoms with Crippen molar-refractivity contribution in [2.45, 2.75) is 44.9 Å². The molecule has 3 rings (SSSR count). The van der Waals surface area contributed by atoms with Crippen LogP contribution < -0.4 is 4.90 Å². The summed E-state index contributed by atoms with van der Waals surface area (Å²) in [6, 6.07) is 8.37. The summed E-state index contributed by atoms with van der Waals surface area (Å²) >= 11 is 0. The van der Waals surface area contributed by atoms with Crippen LogP contribution in [0.1, 0.15) is 44.1 Å². The second-order valence-electron chi connectivity index (χ2n) is 6.32. The minimum atomic E-state index is 0.280. The molecule has 0 aliphatic carbocycles. The summed E-state index contributed by atoms with van der Waals surface area (Å²) in [5.74, 6) is 0.280. The van der Waals surface area contributed by atoms with E-state index < -0.39 is 0 Å². The van der Waals surface area contributed by atoms with E-state index >= 15 is 0 Å². The zero-order chi connectivity index (χ0) is 14.5. The zero-order valence-electron chi connectivity index (χ0n) is 12.9. The van der Waals surface area contributed by atoms with E-state index in [1.165, 1.54) is 37.7 Å². The smallest absolute Gasteiger partial charge is 0.241 e. The van der Waals surface area contributed by atoms with Crippen LogP contribution in [0.2, 0.25) is 0 Å². The van der Waals surface area contributed by atoms with E-state index in [9.17, 15) is 4.79 Å². The molecule has 0 unspecified atom stereocenters. The number of fused-ring (bicyclic) bond motifs is 1. The van der Waals surface area contributed by atoms with E-state index in [1.807, 2.05) is 11.0 Å². The Morgan fingerprint density at radius 3 is 2.43 bits per heavy atom. The van der Waals surface area contributed by atoms with Crippen molar-refractivity contribution in [1.29, 1.82) is 0 Å². The molecule has 0 radical (unpaired) electrons. The number of aryl methyl sites for hydroxylation is 1. The predicted octanol–water partition coefficient (Wildman–Crippen LogP) is 3.23. The van der Waals surface area contributed by atoms with Gasteiger partial charge in [-0.05, 0) is 50.4 Å². The molecule has 3 heteroatoms. The Labute approximate surface area is 127 Å². The fraction of sp³-hybridized carbons (Fsp3) is 0.611. The van der Waals surface area contributed by atoms with Crippen LogP contribution in [0.25, 0.3) is 0 Å². The molecule has 1 aromatic carbocycles. The molecule has 114 valence electrons. The van der Waals surface area contributed by atoms with E-state index in [-0.39, 0.29) is 5.91 Å². The third-order valence-corrected chi connectivity index (χ3v) is 4.72. The topological polar surface area (TPSA) is 23.6 Å². The maximum atomic E-state index is 12.7. The third-order valence-electron chi connectivity index (χ3n) is 4.72. The summed E-state index contributed by atoms with van der Waals surface area (Å²) in [5.41, 5.74) is 2.46. The number of hydrogen-bond acceptors (Lipinski definition) is 2. The number of carbonyl (C=O) groups excluding carboxylic acids is 1. The van der Waals surface area contributed by atoms with Gasteiger partial charge in [0.05, 0.1) is 6.54 Å². The molecule has 1 amide bonds. The van der Waals surface area contributed by atoms with Crippen molar-refractivity contribution in [1.82, 2.24) is 4.90 Å². The van der Waals surface area contributed by atoms with Gasteiger partial charge < -0.3 is 4.90 Å². The van der Waals surface area contributed by atoms with Crippen molar-refractivity contribution in [3.8, 4) is 0 Å². The van der Waals surface area contributed by atoms with Crippen molar-refractivity contribution in [2.75, 3.05) is 31.1 Å². The molecule has 0 spiro atoms. The summed E-state index contributed by atoms with van der Waals surface area (Å²) in [6.07, 6.45) is 8.66. The maximum Gasteiger partial charge on any atom is 0.241 e. The second kappa shape index (κ2) is 7.08. The van der Waals surface area contributed by atoms with Gasteiger partial charge in [-0.2, -0.15) is 0 Å². The standard InChI is InChI=1S/C18H26N2O/c21-18(15-19-12-6-2-1-3-7-13-19)20-14-8-10-16-9-4-5-11-17(16)20/h4-5,9,11H,1-3,6-8,10,12-15H2. The van der Waals surface area contributed by atoms with Crippen molar-refractivity contribution in [3.05, 3.63) is 29.8 Å². The molecule has 2 aliphatic rings. The predicted molar refractivity (Wildman–Crippen MR) is 86.6 cm³/mol. The first-order chi connectivity index (χ1) is 10.3. The monoisotopic (exact) mass is 286 g/mol. The minimum Gasteiger partial charge on any atom is -0.311 e. The highest BCUT2D eigenvalue weighted by atomic mass is 16.2. The average molecular weight is 286 g/mol. The first-order valence-electron chi connectivity index (χ1n) is 8.45. The molecule has 2 heterocycles. The summed E-state index contributed by atoms with van der Waals surface area (Å²) in [4.78, 5) is 17.1. The molecule has 0 saturated carbocycles. The van der Waals surface area contributed by atoms with Crippen LogP contribution in [-0.2, 0) is 11.2 Å². The Bertz CT molecular complexity index is 478. The first-order valence-corrected chi connectivity index (χ1v) is 8.45. The van der Waals surface area contributed by atoms with E-state index in [0.717, 1.165) is 38.2 Å². The number of carbonyl (C=O) groups is 1. The molecule has 2 aliphatic heterocycles. The highest BCUT2D eigenvalue weighted by Crippen LogP contribution is 2.26. The normalized spacial score (nSPS) is 20.5. The van der Waals surface area contributed by atoms with Gasteiger partial charge in [0.25, 0.3) is 0 Å². The van der Waals surface area contributed by atoms with Gasteiger partial charge in [-0.3, -0.25) is 9.69 Å². The first kappa shape index (κ1) is 14.6. The van der Waals surface area contributed by atoms with Crippen LogP contribution in [0.5, 0.6) is 0 Å². The van der Waals surface area contributed by atoms with Gasteiger partial charge in [0.2, 0.25) is 5.91 Å². The summed E-state index contributed by atoms with van der Waals surface area (Å²) in [5, 5.41) is 0. The van der Waals surface area contributed by atoms with Gasteiger partial charge >= 0.3 is 0 Å². The Morgan fingerprint density at radius 1 is 0.905 bits per heavy atom. The van der Waals surface area contributed by atoms with E-state index in [2.05, 4.69) is 23.1 Å². The number of para-hydroxylation sites is 1. The van der Waals surface area contributed by atoms with Crippen LogP contribution in [0.15, 0.2) is 24.3 Å². The summed E-state index contributed by atoms with van der Waals surface area (Å²) < 4.78 is 0. The highest BCUT2D eigenvalue weighted by molar-refractivity contribution is 5.95. The molecule has 0 atom stereocenters. The van der Waals surface area contributed by atoms with Crippen molar-refractivity contribution in [2.24, 2.45) is 0 Å². The lowest BCUT2D eigenvalue weighted by molar-refractivity contribution is -0.119. The van der Waals surface area contributed by atoms with Gasteiger partial charge in [0.15, 0.2) is 0 Å². The number of hydrogen-bond donors (Lipinski definition) is 0. The molecule has 3 nitrogen and oxygen atoms in total. The van der Waals surface area contributed by atoms with Crippen LogP contribution in [-0.4, -0.2) is 37.0 Å². The lowest BCUT2D eigenvalue weighted by Gasteiger charge is -2.32. The summed E-state index contributed by atoms with van der Waals surface area (Å²) in [7, 11) is 0. The quantitative estimate of drug-likeness (QED) is 0.833. The van der Waals surface area contributed by atoms with Gasteiger partial charge in [-0.1, -0.05) is 37.5 Å². The van der Waals surface area contributed by atoms with Crippen LogP contribution >= 0.6 is 0 Å².